The molecule has 1 N–H and O–H groups in total. The summed E-state index contributed by atoms with van der Waals surface area (Å²) in [5, 5.41) is 3.05. The van der Waals surface area contributed by atoms with Crippen molar-refractivity contribution in [2.45, 2.75) is 13.1 Å². The zero-order chi connectivity index (χ0) is 24.4. The molecule has 0 radical (unpaired) electrons. The summed E-state index contributed by atoms with van der Waals surface area (Å²) in [6, 6.07) is 15.8. The van der Waals surface area contributed by atoms with E-state index in [0.717, 1.165) is 15.8 Å². The molecule has 0 aliphatic carbocycles. The van der Waals surface area contributed by atoms with E-state index in [1.165, 1.54) is 24.5 Å². The van der Waals surface area contributed by atoms with E-state index in [1.807, 2.05) is 35.0 Å². The van der Waals surface area contributed by atoms with Gasteiger partial charge in [-0.1, -0.05) is 18.2 Å². The molecule has 1 fully saturated rings. The topological polar surface area (TPSA) is 93.8 Å². The van der Waals surface area contributed by atoms with Crippen LogP contribution in [0.15, 0.2) is 83.1 Å². The van der Waals surface area contributed by atoms with Crippen molar-refractivity contribution in [3.05, 3.63) is 95.8 Å². The zero-order valence-electron chi connectivity index (χ0n) is 18.4. The summed E-state index contributed by atoms with van der Waals surface area (Å²) in [6.45, 7) is 0.709. The van der Waals surface area contributed by atoms with E-state index in [2.05, 4.69) is 5.32 Å². The molecule has 5 rings (SSSR count). The lowest BCUT2D eigenvalue weighted by atomic mass is 10.1. The second-order valence-corrected chi connectivity index (χ2v) is 7.89. The highest BCUT2D eigenvalue weighted by Crippen LogP contribution is 2.25. The Labute approximate surface area is 199 Å². The average Bonchev–Trinajstić information content (AvgIpc) is 3.49. The molecule has 4 amide bonds. The predicted molar refractivity (Wildman–Crippen MR) is 125 cm³/mol. The highest BCUT2D eigenvalue weighted by Gasteiger charge is 2.36. The number of aromatic nitrogens is 1. The van der Waals surface area contributed by atoms with Crippen LogP contribution in [-0.4, -0.2) is 33.9 Å². The van der Waals surface area contributed by atoms with Crippen LogP contribution in [0.1, 0.15) is 11.3 Å². The molecule has 1 saturated heterocycles. The number of carbonyl (C=O) groups excluding carboxylic acids is 3. The Morgan fingerprint density at radius 2 is 1.80 bits per heavy atom. The second kappa shape index (κ2) is 9.30. The first-order chi connectivity index (χ1) is 17.0. The smallest absolute Gasteiger partial charge is 0.331 e. The lowest BCUT2D eigenvalue weighted by molar-refractivity contribution is -0.130. The van der Waals surface area contributed by atoms with Crippen LogP contribution >= 0.6 is 0 Å². The summed E-state index contributed by atoms with van der Waals surface area (Å²) >= 11 is 0. The third-order valence-corrected chi connectivity index (χ3v) is 5.61. The normalized spacial score (nSPS) is 15.2. The average molecular weight is 473 g/mol. The fourth-order valence-electron chi connectivity index (χ4n) is 3.92. The van der Waals surface area contributed by atoms with Gasteiger partial charge in [-0.15, -0.1) is 0 Å². The number of rotatable bonds is 7. The van der Waals surface area contributed by atoms with Gasteiger partial charge in [0.25, 0.3) is 11.8 Å². The molecule has 3 heterocycles. The third-order valence-electron chi connectivity index (χ3n) is 5.61. The number of para-hydroxylation sites is 1. The number of amides is 4. The van der Waals surface area contributed by atoms with Crippen LogP contribution in [0.2, 0.25) is 0 Å². The first kappa shape index (κ1) is 22.1. The number of benzene rings is 2. The summed E-state index contributed by atoms with van der Waals surface area (Å²) in [6.07, 6.45) is 4.75. The number of carbonyl (C=O) groups is 3. The summed E-state index contributed by atoms with van der Waals surface area (Å²) in [5.74, 6) is -0.827. The van der Waals surface area contributed by atoms with E-state index in [4.69, 9.17) is 9.15 Å². The Morgan fingerprint density at radius 3 is 2.57 bits per heavy atom. The Bertz CT molecular complexity index is 1440. The number of hydrogen-bond acceptors (Lipinski definition) is 5. The fraction of sp³-hybridized carbons (Fsp3) is 0.115. The van der Waals surface area contributed by atoms with E-state index in [-0.39, 0.29) is 17.9 Å². The van der Waals surface area contributed by atoms with Gasteiger partial charge in [0.15, 0.2) is 0 Å². The molecule has 8 nitrogen and oxygen atoms in total. The number of barbiturate groups is 1. The summed E-state index contributed by atoms with van der Waals surface area (Å²) in [7, 11) is 0. The number of fused-ring (bicyclic) bond motifs is 1. The molecule has 0 unspecified atom stereocenters. The van der Waals surface area contributed by atoms with Crippen LogP contribution in [0.25, 0.3) is 17.0 Å². The molecule has 9 heteroatoms. The number of ether oxygens (including phenoxy) is 1. The first-order valence-corrected chi connectivity index (χ1v) is 10.9. The van der Waals surface area contributed by atoms with Crippen molar-refractivity contribution in [1.82, 2.24) is 14.8 Å². The number of furan rings is 1. The van der Waals surface area contributed by atoms with Crippen LogP contribution < -0.4 is 10.1 Å². The Kier molecular flexibility index (Phi) is 5.88. The van der Waals surface area contributed by atoms with Gasteiger partial charge >= 0.3 is 6.03 Å². The largest absolute Gasteiger partial charge is 0.492 e. The summed E-state index contributed by atoms with van der Waals surface area (Å²) in [5.41, 5.74) is 1.38. The van der Waals surface area contributed by atoms with Crippen LogP contribution in [0.3, 0.4) is 0 Å². The minimum Gasteiger partial charge on any atom is -0.492 e. The number of halogens is 1. The van der Waals surface area contributed by atoms with Crippen molar-refractivity contribution in [3.63, 3.8) is 0 Å². The maximum Gasteiger partial charge on any atom is 0.331 e. The number of nitrogens with one attached hydrogen (secondary N) is 1. The van der Waals surface area contributed by atoms with Crippen molar-refractivity contribution in [3.8, 4) is 5.75 Å². The first-order valence-electron chi connectivity index (χ1n) is 10.9. The summed E-state index contributed by atoms with van der Waals surface area (Å²) in [4.78, 5) is 38.8. The molecule has 2 aromatic heterocycles. The molecule has 176 valence electrons. The van der Waals surface area contributed by atoms with Crippen molar-refractivity contribution < 1.29 is 27.9 Å². The second-order valence-electron chi connectivity index (χ2n) is 7.89. The molecule has 1 aliphatic heterocycles. The van der Waals surface area contributed by atoms with Gasteiger partial charge in [0.05, 0.1) is 19.4 Å². The highest BCUT2D eigenvalue weighted by molar-refractivity contribution is 6.31. The predicted octanol–water partition coefficient (Wildman–Crippen LogP) is 4.11. The Hall–Kier alpha value is -4.66. The van der Waals surface area contributed by atoms with Crippen molar-refractivity contribution in [1.29, 1.82) is 0 Å². The lowest BCUT2D eigenvalue weighted by Gasteiger charge is -2.25. The van der Waals surface area contributed by atoms with E-state index < -0.39 is 17.8 Å². The van der Waals surface area contributed by atoms with Gasteiger partial charge in [-0.25, -0.2) is 9.18 Å². The van der Waals surface area contributed by atoms with Gasteiger partial charge in [0, 0.05) is 22.7 Å². The van der Waals surface area contributed by atoms with E-state index in [9.17, 15) is 18.8 Å². The highest BCUT2D eigenvalue weighted by atomic mass is 19.1. The molecule has 2 aromatic carbocycles. The molecule has 0 saturated carbocycles. The summed E-state index contributed by atoms with van der Waals surface area (Å²) < 4.78 is 26.0. The molecule has 4 aromatic rings. The van der Waals surface area contributed by atoms with Gasteiger partial charge in [-0.2, -0.15) is 0 Å². The minimum absolute atomic E-state index is 0.0925. The van der Waals surface area contributed by atoms with E-state index >= 15 is 0 Å². The van der Waals surface area contributed by atoms with Gasteiger partial charge in [-0.3, -0.25) is 19.8 Å². The van der Waals surface area contributed by atoms with Gasteiger partial charge < -0.3 is 13.7 Å². The van der Waals surface area contributed by atoms with Crippen molar-refractivity contribution in [2.75, 3.05) is 6.61 Å². The molecule has 0 atom stereocenters. The molecular weight excluding hydrogens is 453 g/mol. The Balaban J connectivity index is 1.41. The number of urea groups is 1. The number of nitrogens with zero attached hydrogens (tertiary/aromatic N) is 2. The zero-order valence-corrected chi connectivity index (χ0v) is 18.4. The molecule has 0 spiro atoms. The maximum absolute atomic E-state index is 13.1. The third kappa shape index (κ3) is 4.56. The van der Waals surface area contributed by atoms with Crippen LogP contribution in [-0.2, 0) is 22.7 Å². The van der Waals surface area contributed by atoms with Gasteiger partial charge in [-0.05, 0) is 48.5 Å². The SMILES string of the molecule is O=C1NC(=O)N(Cc2ccco2)C(=O)/C1=C/c1cn(CCOc2ccc(F)cc2)c2ccccc12. The number of hydrogen-bond donors (Lipinski definition) is 1. The lowest BCUT2D eigenvalue weighted by Crippen LogP contribution is -2.53. The minimum atomic E-state index is -0.797. The van der Waals surface area contributed by atoms with Gasteiger partial charge in [0.2, 0.25) is 0 Å². The standard InChI is InChI=1S/C26H20FN3O5/c27-18-7-9-19(10-8-18)35-13-11-29-15-17(21-5-1-2-6-23(21)29)14-22-24(31)28-26(33)30(25(22)32)16-20-4-3-12-34-20/h1-10,12,14-15H,11,13,16H2,(H,28,31,33)/b22-14+. The van der Waals surface area contributed by atoms with E-state index in [0.29, 0.717) is 30.2 Å². The molecule has 0 bridgehead atoms. The monoisotopic (exact) mass is 473 g/mol. The van der Waals surface area contributed by atoms with Gasteiger partial charge in [0.1, 0.15) is 29.5 Å². The van der Waals surface area contributed by atoms with Crippen LogP contribution in [0.5, 0.6) is 5.75 Å². The fourth-order valence-corrected chi connectivity index (χ4v) is 3.92. The van der Waals surface area contributed by atoms with Crippen molar-refractivity contribution in [2.24, 2.45) is 0 Å². The molecular formula is C26H20FN3O5. The molecule has 1 aliphatic rings. The Morgan fingerprint density at radius 1 is 1.00 bits per heavy atom. The molecule has 35 heavy (non-hydrogen) atoms. The van der Waals surface area contributed by atoms with Crippen LogP contribution in [0.4, 0.5) is 9.18 Å². The quantitative estimate of drug-likeness (QED) is 0.322. The number of imide groups is 2. The maximum atomic E-state index is 13.1. The van der Waals surface area contributed by atoms with Crippen LogP contribution in [0, 0.1) is 5.82 Å². The van der Waals surface area contributed by atoms with Crippen molar-refractivity contribution >= 4 is 34.8 Å². The van der Waals surface area contributed by atoms with E-state index in [1.54, 1.807) is 24.3 Å².